The van der Waals surface area contributed by atoms with Crippen molar-refractivity contribution >= 4 is 35.0 Å². The first-order chi connectivity index (χ1) is 17.9. The second kappa shape index (κ2) is 13.1. The van der Waals surface area contributed by atoms with Crippen molar-refractivity contribution in [2.24, 2.45) is 0 Å². The zero-order chi connectivity index (χ0) is 26.2. The Morgan fingerprint density at radius 2 is 1.57 bits per heavy atom. The lowest BCUT2D eigenvalue weighted by Gasteiger charge is -2.32. The van der Waals surface area contributed by atoms with Gasteiger partial charge in [-0.25, -0.2) is 0 Å². The Hall–Kier alpha value is -2.82. The van der Waals surface area contributed by atoms with Crippen molar-refractivity contribution in [2.45, 2.75) is 70.5 Å². The minimum atomic E-state index is -0.636. The molecule has 4 nitrogen and oxygen atoms in total. The highest BCUT2D eigenvalue weighted by Gasteiger charge is 2.32. The topological polar surface area (TPSA) is 49.4 Å². The lowest BCUT2D eigenvalue weighted by Crippen LogP contribution is -2.52. The molecule has 0 heterocycles. The van der Waals surface area contributed by atoms with Crippen LogP contribution in [0.5, 0.6) is 0 Å². The number of aryl methyl sites for hydroxylation is 2. The van der Waals surface area contributed by atoms with Crippen LogP contribution in [0.25, 0.3) is 0 Å². The summed E-state index contributed by atoms with van der Waals surface area (Å²) in [5.74, 6) is -0.159. The summed E-state index contributed by atoms with van der Waals surface area (Å²) in [6, 6.07) is 23.0. The Bertz CT molecular complexity index is 1190. The van der Waals surface area contributed by atoms with Gasteiger partial charge in [0.15, 0.2) is 0 Å². The highest BCUT2D eigenvalue weighted by atomic mass is 35.5. The van der Waals surface area contributed by atoms with Crippen LogP contribution in [0.2, 0.25) is 10.0 Å². The van der Waals surface area contributed by atoms with Gasteiger partial charge in [0.1, 0.15) is 6.04 Å². The van der Waals surface area contributed by atoms with Crippen LogP contribution in [-0.2, 0) is 29.0 Å². The third-order valence-corrected chi connectivity index (χ3v) is 7.80. The van der Waals surface area contributed by atoms with Gasteiger partial charge < -0.3 is 10.2 Å². The maximum Gasteiger partial charge on any atom is 0.243 e. The van der Waals surface area contributed by atoms with E-state index in [9.17, 15) is 9.59 Å². The van der Waals surface area contributed by atoms with E-state index in [1.165, 1.54) is 5.56 Å². The Morgan fingerprint density at radius 1 is 0.892 bits per heavy atom. The molecule has 0 spiro atoms. The zero-order valence-electron chi connectivity index (χ0n) is 21.3. The molecule has 1 aliphatic carbocycles. The standard InChI is InChI=1S/C31H34Cl2N2O2/c1-22-11-13-23(14-12-22)16-18-30(36)35(21-25-15-17-27(32)28(33)19-25)29(20-24-7-3-2-4-8-24)31(37)34-26-9-5-6-10-26/h2-4,7-8,11-15,17,19,26,29H,5-6,9-10,16,18,20-21H2,1H3,(H,34,37)/t29-/m1/s1. The Morgan fingerprint density at radius 3 is 2.24 bits per heavy atom. The average Bonchev–Trinajstić information content (AvgIpc) is 3.41. The first-order valence-corrected chi connectivity index (χ1v) is 13.8. The number of carbonyl (C=O) groups is 2. The van der Waals surface area contributed by atoms with Crippen LogP contribution in [0, 0.1) is 6.92 Å². The summed E-state index contributed by atoms with van der Waals surface area (Å²) >= 11 is 12.4. The number of halogens is 2. The number of amides is 2. The highest BCUT2D eigenvalue weighted by molar-refractivity contribution is 6.42. The summed E-state index contributed by atoms with van der Waals surface area (Å²) in [4.78, 5) is 29.2. The van der Waals surface area contributed by atoms with Crippen LogP contribution in [0.4, 0.5) is 0 Å². The third-order valence-electron chi connectivity index (χ3n) is 7.06. The molecule has 0 unspecified atom stereocenters. The molecule has 4 rings (SSSR count). The second-order valence-electron chi connectivity index (χ2n) is 9.95. The minimum Gasteiger partial charge on any atom is -0.352 e. The van der Waals surface area contributed by atoms with Gasteiger partial charge in [-0.1, -0.05) is 102 Å². The smallest absolute Gasteiger partial charge is 0.243 e. The first kappa shape index (κ1) is 27.2. The van der Waals surface area contributed by atoms with E-state index < -0.39 is 6.04 Å². The van der Waals surface area contributed by atoms with Gasteiger partial charge in [-0.2, -0.15) is 0 Å². The van der Waals surface area contributed by atoms with Gasteiger partial charge in [0.05, 0.1) is 10.0 Å². The van der Waals surface area contributed by atoms with Gasteiger partial charge in [0.25, 0.3) is 0 Å². The molecular formula is C31H34Cl2N2O2. The molecular weight excluding hydrogens is 503 g/mol. The van der Waals surface area contributed by atoms with Gasteiger partial charge >= 0.3 is 0 Å². The molecule has 0 saturated heterocycles. The summed E-state index contributed by atoms with van der Waals surface area (Å²) in [6.07, 6.45) is 5.58. The zero-order valence-corrected chi connectivity index (χ0v) is 22.8. The molecule has 194 valence electrons. The molecule has 3 aromatic rings. The molecule has 0 aromatic heterocycles. The first-order valence-electron chi connectivity index (χ1n) is 13.0. The molecule has 37 heavy (non-hydrogen) atoms. The Kier molecular flexibility index (Phi) is 9.65. The van der Waals surface area contributed by atoms with E-state index in [1.807, 2.05) is 43.3 Å². The van der Waals surface area contributed by atoms with Crippen LogP contribution in [0.3, 0.4) is 0 Å². The van der Waals surface area contributed by atoms with Gasteiger partial charge in [0.2, 0.25) is 11.8 Å². The van der Waals surface area contributed by atoms with Crippen LogP contribution < -0.4 is 5.32 Å². The summed E-state index contributed by atoms with van der Waals surface area (Å²) in [5.41, 5.74) is 4.13. The van der Waals surface area contributed by atoms with E-state index in [2.05, 4.69) is 29.6 Å². The van der Waals surface area contributed by atoms with Gasteiger partial charge in [-0.15, -0.1) is 0 Å². The SMILES string of the molecule is Cc1ccc(CCC(=O)N(Cc2ccc(Cl)c(Cl)c2)[C@H](Cc2ccccc2)C(=O)NC2CCCC2)cc1. The van der Waals surface area contributed by atoms with E-state index in [0.717, 1.165) is 42.4 Å². The summed E-state index contributed by atoms with van der Waals surface area (Å²) < 4.78 is 0. The molecule has 6 heteroatoms. The Labute approximate surface area is 230 Å². The van der Waals surface area contributed by atoms with Gasteiger partial charge in [-0.3, -0.25) is 9.59 Å². The van der Waals surface area contributed by atoms with E-state index in [0.29, 0.717) is 29.3 Å². The molecule has 1 saturated carbocycles. The number of nitrogens with zero attached hydrogens (tertiary/aromatic N) is 1. The van der Waals surface area contributed by atoms with Crippen molar-refractivity contribution < 1.29 is 9.59 Å². The summed E-state index contributed by atoms with van der Waals surface area (Å²) in [7, 11) is 0. The van der Waals surface area contributed by atoms with E-state index in [4.69, 9.17) is 23.2 Å². The Balaban J connectivity index is 1.62. The fourth-order valence-electron chi connectivity index (χ4n) is 4.91. The molecule has 3 aromatic carbocycles. The fourth-order valence-corrected chi connectivity index (χ4v) is 5.23. The molecule has 2 amide bonds. The predicted molar refractivity (Wildman–Crippen MR) is 151 cm³/mol. The summed E-state index contributed by atoms with van der Waals surface area (Å²) in [6.45, 7) is 2.32. The molecule has 0 aliphatic heterocycles. The monoisotopic (exact) mass is 536 g/mol. The minimum absolute atomic E-state index is 0.0610. The fraction of sp³-hybridized carbons (Fsp3) is 0.355. The van der Waals surface area contributed by atoms with Crippen LogP contribution in [0.1, 0.15) is 54.4 Å². The van der Waals surface area contributed by atoms with Crippen LogP contribution >= 0.6 is 23.2 Å². The maximum absolute atomic E-state index is 13.8. The van der Waals surface area contributed by atoms with Crippen molar-refractivity contribution in [3.05, 3.63) is 105 Å². The number of nitrogens with one attached hydrogen (secondary N) is 1. The van der Waals surface area contributed by atoms with Gasteiger partial charge in [0, 0.05) is 25.4 Å². The van der Waals surface area contributed by atoms with Crippen LogP contribution in [-0.4, -0.2) is 28.8 Å². The maximum atomic E-state index is 13.8. The molecule has 1 aliphatic rings. The van der Waals surface area contributed by atoms with Crippen molar-refractivity contribution in [3.63, 3.8) is 0 Å². The molecule has 1 N–H and O–H groups in total. The number of rotatable bonds is 10. The second-order valence-corrected chi connectivity index (χ2v) is 10.8. The quantitative estimate of drug-likeness (QED) is 0.305. The van der Waals surface area contributed by atoms with Crippen molar-refractivity contribution in [1.29, 1.82) is 0 Å². The van der Waals surface area contributed by atoms with Gasteiger partial charge in [-0.05, 0) is 55.0 Å². The van der Waals surface area contributed by atoms with Crippen molar-refractivity contribution in [2.75, 3.05) is 0 Å². The number of hydrogen-bond donors (Lipinski definition) is 1. The molecule has 1 fully saturated rings. The lowest BCUT2D eigenvalue weighted by molar-refractivity contribution is -0.141. The van der Waals surface area contributed by atoms with Crippen molar-refractivity contribution in [3.8, 4) is 0 Å². The molecule has 1 atom stereocenters. The largest absolute Gasteiger partial charge is 0.352 e. The highest BCUT2D eigenvalue weighted by Crippen LogP contribution is 2.25. The molecule has 0 radical (unpaired) electrons. The lowest BCUT2D eigenvalue weighted by atomic mass is 10.0. The van der Waals surface area contributed by atoms with Crippen molar-refractivity contribution in [1.82, 2.24) is 10.2 Å². The normalized spacial score (nSPS) is 14.4. The summed E-state index contributed by atoms with van der Waals surface area (Å²) in [5, 5.41) is 4.13. The third kappa shape index (κ3) is 7.83. The molecule has 0 bridgehead atoms. The number of benzene rings is 3. The average molecular weight is 538 g/mol. The van der Waals surface area contributed by atoms with E-state index >= 15 is 0 Å². The van der Waals surface area contributed by atoms with Crippen LogP contribution in [0.15, 0.2) is 72.8 Å². The predicted octanol–water partition coefficient (Wildman–Crippen LogP) is 6.93. The van der Waals surface area contributed by atoms with E-state index in [-0.39, 0.29) is 24.4 Å². The number of hydrogen-bond acceptors (Lipinski definition) is 2. The van der Waals surface area contributed by atoms with E-state index in [1.54, 1.807) is 17.0 Å². The number of carbonyl (C=O) groups excluding carboxylic acids is 2.